The van der Waals surface area contributed by atoms with Crippen LogP contribution >= 0.6 is 22.6 Å². The van der Waals surface area contributed by atoms with Crippen LogP contribution in [0, 0.1) is 15.9 Å². The van der Waals surface area contributed by atoms with Crippen LogP contribution in [-0.4, -0.2) is 17.0 Å². The fourth-order valence-corrected chi connectivity index (χ4v) is 1.87. The second kappa shape index (κ2) is 5.69. The molecule has 1 rings (SSSR count). The fourth-order valence-electron chi connectivity index (χ4n) is 1.35. The Morgan fingerprint density at radius 3 is 2.50 bits per heavy atom. The predicted molar refractivity (Wildman–Crippen MR) is 78.6 cm³/mol. The van der Waals surface area contributed by atoms with E-state index in [0.29, 0.717) is 5.69 Å². The van der Waals surface area contributed by atoms with E-state index in [1.54, 1.807) is 0 Å². The first-order chi connectivity index (χ1) is 8.22. The number of carboxylic acids is 1. The summed E-state index contributed by atoms with van der Waals surface area (Å²) < 4.78 is 1.06. The van der Waals surface area contributed by atoms with E-state index >= 15 is 0 Å². The molecule has 0 heterocycles. The third-order valence-corrected chi connectivity index (χ3v) is 3.80. The van der Waals surface area contributed by atoms with Crippen LogP contribution in [0.3, 0.4) is 0 Å². The summed E-state index contributed by atoms with van der Waals surface area (Å²) in [4.78, 5) is 22.7. The minimum atomic E-state index is -1.05. The molecule has 0 radical (unpaired) electrons. The van der Waals surface area contributed by atoms with Crippen LogP contribution in [0.5, 0.6) is 0 Å². The van der Waals surface area contributed by atoms with Crippen molar-refractivity contribution in [2.45, 2.75) is 27.2 Å². The van der Waals surface area contributed by atoms with E-state index < -0.39 is 11.4 Å². The van der Waals surface area contributed by atoms with Gasteiger partial charge in [-0.1, -0.05) is 6.07 Å². The van der Waals surface area contributed by atoms with Crippen molar-refractivity contribution in [3.05, 3.63) is 27.3 Å². The van der Waals surface area contributed by atoms with Crippen LogP contribution in [0.2, 0.25) is 0 Å². The molecular formula is C13H16INO3. The van der Waals surface area contributed by atoms with Crippen LogP contribution < -0.4 is 5.32 Å². The highest BCUT2D eigenvalue weighted by atomic mass is 127. The number of aliphatic carboxylic acids is 1. The van der Waals surface area contributed by atoms with Gasteiger partial charge in [0.1, 0.15) is 0 Å². The standard InChI is InChI=1S/C13H16INO3/c1-8-4-5-9(6-10(8)14)15-11(16)7-13(2,3)12(17)18/h4-6H,7H2,1-3H3,(H,15,16)(H,17,18). The quantitative estimate of drug-likeness (QED) is 0.811. The van der Waals surface area contributed by atoms with E-state index in [1.807, 2.05) is 25.1 Å². The van der Waals surface area contributed by atoms with Crippen molar-refractivity contribution in [3.8, 4) is 0 Å². The Kier molecular flexibility index (Phi) is 4.72. The van der Waals surface area contributed by atoms with Gasteiger partial charge in [0.25, 0.3) is 0 Å². The monoisotopic (exact) mass is 361 g/mol. The van der Waals surface area contributed by atoms with Crippen LogP contribution in [0.1, 0.15) is 25.8 Å². The number of amides is 1. The fraction of sp³-hybridized carbons (Fsp3) is 0.385. The van der Waals surface area contributed by atoms with Crippen molar-refractivity contribution in [2.24, 2.45) is 5.41 Å². The molecule has 0 unspecified atom stereocenters. The van der Waals surface area contributed by atoms with Crippen molar-refractivity contribution < 1.29 is 14.7 Å². The minimum absolute atomic E-state index is 0.0488. The van der Waals surface area contributed by atoms with Gasteiger partial charge in [0.2, 0.25) is 5.91 Å². The van der Waals surface area contributed by atoms with Crippen molar-refractivity contribution >= 4 is 40.2 Å². The summed E-state index contributed by atoms with van der Waals surface area (Å²) in [6, 6.07) is 5.59. The van der Waals surface area contributed by atoms with Gasteiger partial charge in [-0.3, -0.25) is 9.59 Å². The van der Waals surface area contributed by atoms with Crippen molar-refractivity contribution in [1.29, 1.82) is 0 Å². The Hall–Kier alpha value is -1.11. The first-order valence-corrected chi connectivity index (χ1v) is 6.59. The molecule has 0 aliphatic rings. The molecule has 2 N–H and O–H groups in total. The van der Waals surface area contributed by atoms with Crippen molar-refractivity contribution in [3.63, 3.8) is 0 Å². The summed E-state index contributed by atoms with van der Waals surface area (Å²) in [5.41, 5.74) is 0.776. The lowest BCUT2D eigenvalue weighted by atomic mass is 9.89. The first kappa shape index (κ1) is 14.9. The second-order valence-electron chi connectivity index (χ2n) is 4.88. The molecule has 0 aliphatic heterocycles. The number of carboxylic acid groups (broad SMARTS) is 1. The van der Waals surface area contributed by atoms with E-state index in [9.17, 15) is 9.59 Å². The molecule has 1 aromatic carbocycles. The molecule has 98 valence electrons. The topological polar surface area (TPSA) is 66.4 Å². The van der Waals surface area contributed by atoms with E-state index in [-0.39, 0.29) is 12.3 Å². The number of halogens is 1. The Balaban J connectivity index is 2.71. The molecule has 0 fully saturated rings. The summed E-state index contributed by atoms with van der Waals surface area (Å²) >= 11 is 2.19. The van der Waals surface area contributed by atoms with Crippen LogP contribution in [0.4, 0.5) is 5.69 Å². The van der Waals surface area contributed by atoms with Crippen molar-refractivity contribution in [1.82, 2.24) is 0 Å². The first-order valence-electron chi connectivity index (χ1n) is 5.52. The molecule has 0 saturated carbocycles. The average Bonchev–Trinajstić information content (AvgIpc) is 2.22. The van der Waals surface area contributed by atoms with Crippen molar-refractivity contribution in [2.75, 3.05) is 5.32 Å². The zero-order chi connectivity index (χ0) is 13.9. The summed E-state index contributed by atoms with van der Waals surface area (Å²) in [6.07, 6.45) is -0.0488. The lowest BCUT2D eigenvalue weighted by Crippen LogP contribution is -2.29. The highest BCUT2D eigenvalue weighted by molar-refractivity contribution is 14.1. The van der Waals surface area contributed by atoms with Crippen LogP contribution in [0.25, 0.3) is 0 Å². The largest absolute Gasteiger partial charge is 0.481 e. The number of benzene rings is 1. The van der Waals surface area contributed by atoms with Gasteiger partial charge in [-0.05, 0) is 61.1 Å². The third-order valence-electron chi connectivity index (χ3n) is 2.64. The summed E-state index contributed by atoms with van der Waals surface area (Å²) in [6.45, 7) is 5.06. The molecule has 4 nitrogen and oxygen atoms in total. The minimum Gasteiger partial charge on any atom is -0.481 e. The molecule has 0 spiro atoms. The summed E-state index contributed by atoms with van der Waals surface area (Å²) in [5.74, 6) is -1.27. The van der Waals surface area contributed by atoms with Gasteiger partial charge in [-0.2, -0.15) is 0 Å². The zero-order valence-electron chi connectivity index (χ0n) is 10.6. The van der Waals surface area contributed by atoms with Gasteiger partial charge in [-0.25, -0.2) is 0 Å². The van der Waals surface area contributed by atoms with Gasteiger partial charge in [0.15, 0.2) is 0 Å². The van der Waals surface area contributed by atoms with E-state index in [2.05, 4.69) is 27.9 Å². The Morgan fingerprint density at radius 2 is 2.00 bits per heavy atom. The van der Waals surface area contributed by atoms with Gasteiger partial charge >= 0.3 is 5.97 Å². The molecule has 0 aromatic heterocycles. The van der Waals surface area contributed by atoms with Gasteiger partial charge < -0.3 is 10.4 Å². The number of nitrogens with one attached hydrogen (secondary N) is 1. The number of hydrogen-bond donors (Lipinski definition) is 2. The van der Waals surface area contributed by atoms with Gasteiger partial charge in [0, 0.05) is 15.7 Å². The molecule has 1 aromatic rings. The number of anilines is 1. The molecular weight excluding hydrogens is 345 g/mol. The number of carbonyl (C=O) groups excluding carboxylic acids is 1. The van der Waals surface area contributed by atoms with E-state index in [0.717, 1.165) is 9.13 Å². The summed E-state index contributed by atoms with van der Waals surface area (Å²) in [5, 5.41) is 11.7. The molecule has 0 aliphatic carbocycles. The van der Waals surface area contributed by atoms with Gasteiger partial charge in [-0.15, -0.1) is 0 Å². The number of carbonyl (C=O) groups is 2. The maximum Gasteiger partial charge on any atom is 0.309 e. The third kappa shape index (κ3) is 3.97. The number of rotatable bonds is 4. The lowest BCUT2D eigenvalue weighted by Gasteiger charge is -2.18. The van der Waals surface area contributed by atoms with Crippen LogP contribution in [0.15, 0.2) is 18.2 Å². The summed E-state index contributed by atoms with van der Waals surface area (Å²) in [7, 11) is 0. The molecule has 18 heavy (non-hydrogen) atoms. The Labute approximate surface area is 120 Å². The zero-order valence-corrected chi connectivity index (χ0v) is 12.7. The molecule has 5 heteroatoms. The average molecular weight is 361 g/mol. The maximum atomic E-state index is 11.8. The highest BCUT2D eigenvalue weighted by Gasteiger charge is 2.30. The van der Waals surface area contributed by atoms with E-state index in [4.69, 9.17) is 5.11 Å². The SMILES string of the molecule is Cc1ccc(NC(=O)CC(C)(C)C(=O)O)cc1I. The molecule has 0 bridgehead atoms. The Morgan fingerprint density at radius 1 is 1.39 bits per heavy atom. The molecule has 0 saturated heterocycles. The molecule has 1 amide bonds. The smallest absolute Gasteiger partial charge is 0.309 e. The normalized spacial score (nSPS) is 11.1. The van der Waals surface area contributed by atoms with Gasteiger partial charge in [0.05, 0.1) is 5.41 Å². The van der Waals surface area contributed by atoms with Crippen LogP contribution in [-0.2, 0) is 9.59 Å². The second-order valence-corrected chi connectivity index (χ2v) is 6.04. The number of aryl methyl sites for hydroxylation is 1. The molecule has 0 atom stereocenters. The maximum absolute atomic E-state index is 11.8. The highest BCUT2D eigenvalue weighted by Crippen LogP contribution is 2.22. The Bertz CT molecular complexity index is 483. The predicted octanol–water partition coefficient (Wildman–Crippen LogP) is 3.04. The number of hydrogen-bond acceptors (Lipinski definition) is 2. The van der Waals surface area contributed by atoms with E-state index in [1.165, 1.54) is 13.8 Å². The lowest BCUT2D eigenvalue weighted by molar-refractivity contribution is -0.148.